The lowest BCUT2D eigenvalue weighted by Gasteiger charge is -2.37. The molecule has 2 aliphatic heterocycles. The number of nitrogens with zero attached hydrogens (tertiary/aromatic N) is 4. The molecule has 1 atom stereocenters. The molecule has 2 aliphatic rings. The minimum absolute atomic E-state index is 0.118. The second-order valence-electron chi connectivity index (χ2n) is 12.7. The Kier molecular flexibility index (Phi) is 10.6. The van der Waals surface area contributed by atoms with Gasteiger partial charge in [0.2, 0.25) is 5.91 Å². The van der Waals surface area contributed by atoms with Crippen molar-refractivity contribution in [1.82, 2.24) is 25.0 Å². The van der Waals surface area contributed by atoms with Crippen LogP contribution in [0.3, 0.4) is 0 Å². The molecule has 5 rings (SSSR count). The van der Waals surface area contributed by atoms with E-state index in [2.05, 4.69) is 25.4 Å². The number of aromatic nitrogens is 1. The number of carbonyl (C=O) groups excluding carboxylic acids is 2. The first-order valence-electron chi connectivity index (χ1n) is 15.7. The second-order valence-corrected chi connectivity index (χ2v) is 13.2. The maximum Gasteiger partial charge on any atom is 0.411 e. The summed E-state index contributed by atoms with van der Waals surface area (Å²) < 4.78 is 5.64. The van der Waals surface area contributed by atoms with Crippen molar-refractivity contribution in [3.8, 4) is 0 Å². The average molecular weight is 621 g/mol. The molecule has 0 bridgehead atoms. The Hall–Kier alpha value is -3.40. The van der Waals surface area contributed by atoms with Crippen LogP contribution in [0.15, 0.2) is 54.7 Å². The molecule has 3 heterocycles. The molecule has 0 spiro atoms. The summed E-state index contributed by atoms with van der Waals surface area (Å²) in [4.78, 5) is 37.3. The maximum atomic E-state index is 13.3. The largest absolute Gasteiger partial charge is 0.444 e. The van der Waals surface area contributed by atoms with E-state index in [-0.39, 0.29) is 5.91 Å². The molecule has 1 fully saturated rings. The van der Waals surface area contributed by atoms with Gasteiger partial charge >= 0.3 is 6.09 Å². The number of amides is 2. The van der Waals surface area contributed by atoms with E-state index in [1.165, 1.54) is 0 Å². The van der Waals surface area contributed by atoms with E-state index in [4.69, 9.17) is 16.3 Å². The number of hydrogen-bond acceptors (Lipinski definition) is 7. The van der Waals surface area contributed by atoms with Crippen molar-refractivity contribution in [2.75, 3.05) is 57.7 Å². The van der Waals surface area contributed by atoms with Gasteiger partial charge in [-0.15, -0.1) is 0 Å². The normalized spacial score (nSPS) is 17.7. The summed E-state index contributed by atoms with van der Waals surface area (Å²) in [6.45, 7) is 13.6. The van der Waals surface area contributed by atoms with Gasteiger partial charge in [-0.2, -0.15) is 0 Å². The van der Waals surface area contributed by atoms with Crippen molar-refractivity contribution >= 4 is 40.2 Å². The lowest BCUT2D eigenvalue weighted by Crippen LogP contribution is -2.54. The van der Waals surface area contributed by atoms with Gasteiger partial charge in [-0.05, 0) is 82.1 Å². The van der Waals surface area contributed by atoms with Crippen molar-refractivity contribution in [2.45, 2.75) is 58.2 Å². The minimum Gasteiger partial charge on any atom is -0.444 e. The summed E-state index contributed by atoms with van der Waals surface area (Å²) in [6, 6.07) is 15.3. The maximum absolute atomic E-state index is 13.3. The lowest BCUT2D eigenvalue weighted by atomic mass is 9.94. The quantitative estimate of drug-likeness (QED) is 0.302. The number of fused-ring (bicyclic) bond motifs is 2. The summed E-state index contributed by atoms with van der Waals surface area (Å²) in [7, 11) is 0. The SMILES string of the molecule is CC(C)(C)OC(=O)N1Cc2ccccc2C[C@H]1C(=O)NCCCN1CCN(CCCNc2ccnc3cc(Cl)ccc23)CC1. The second kappa shape index (κ2) is 14.6. The fourth-order valence-corrected chi connectivity index (χ4v) is 6.11. The third-order valence-electron chi connectivity index (χ3n) is 8.27. The van der Waals surface area contributed by atoms with Gasteiger partial charge < -0.3 is 25.2 Å². The highest BCUT2D eigenvalue weighted by Gasteiger charge is 2.36. The van der Waals surface area contributed by atoms with Gasteiger partial charge in [0.25, 0.3) is 0 Å². The van der Waals surface area contributed by atoms with Crippen LogP contribution in [0.1, 0.15) is 44.7 Å². The van der Waals surface area contributed by atoms with Crippen LogP contribution in [0, 0.1) is 0 Å². The van der Waals surface area contributed by atoms with Crippen molar-refractivity contribution in [3.05, 3.63) is 70.9 Å². The van der Waals surface area contributed by atoms with Gasteiger partial charge in [0.1, 0.15) is 11.6 Å². The number of pyridine rings is 1. The molecule has 0 radical (unpaired) electrons. The van der Waals surface area contributed by atoms with Crippen LogP contribution in [0.5, 0.6) is 0 Å². The van der Waals surface area contributed by atoms with Gasteiger partial charge in [-0.25, -0.2) is 4.79 Å². The summed E-state index contributed by atoms with van der Waals surface area (Å²) >= 11 is 6.11. The number of benzene rings is 2. The molecule has 2 aromatic carbocycles. The molecule has 0 saturated carbocycles. The predicted octanol–water partition coefficient (Wildman–Crippen LogP) is 5.18. The zero-order valence-electron chi connectivity index (χ0n) is 26.2. The molecule has 2 amide bonds. The van der Waals surface area contributed by atoms with E-state index in [0.29, 0.717) is 24.5 Å². The van der Waals surface area contributed by atoms with Gasteiger partial charge in [0, 0.05) is 68.0 Å². The fraction of sp³-hybridized carbons (Fsp3) is 0.500. The summed E-state index contributed by atoms with van der Waals surface area (Å²) in [5.41, 5.74) is 3.54. The van der Waals surface area contributed by atoms with Gasteiger partial charge in [0.05, 0.1) is 12.1 Å². The topological polar surface area (TPSA) is 90.0 Å². The monoisotopic (exact) mass is 620 g/mol. The summed E-state index contributed by atoms with van der Waals surface area (Å²) in [5.74, 6) is -0.118. The number of hydrogen-bond donors (Lipinski definition) is 2. The Balaban J connectivity index is 1.00. The molecule has 0 unspecified atom stereocenters. The Bertz CT molecular complexity index is 1440. The highest BCUT2D eigenvalue weighted by Crippen LogP contribution is 2.26. The molecular weight excluding hydrogens is 576 g/mol. The molecule has 3 aromatic rings. The highest BCUT2D eigenvalue weighted by molar-refractivity contribution is 6.31. The van der Waals surface area contributed by atoms with E-state index < -0.39 is 17.7 Å². The molecule has 44 heavy (non-hydrogen) atoms. The average Bonchev–Trinajstić information content (AvgIpc) is 3.00. The zero-order valence-corrected chi connectivity index (χ0v) is 26.9. The number of anilines is 1. The summed E-state index contributed by atoms with van der Waals surface area (Å²) in [5, 5.41) is 8.45. The van der Waals surface area contributed by atoms with E-state index >= 15 is 0 Å². The van der Waals surface area contributed by atoms with Crippen LogP contribution in [0.2, 0.25) is 5.02 Å². The third-order valence-corrected chi connectivity index (χ3v) is 8.50. The first-order valence-corrected chi connectivity index (χ1v) is 16.1. The smallest absolute Gasteiger partial charge is 0.411 e. The number of nitrogens with one attached hydrogen (secondary N) is 2. The number of rotatable bonds is 10. The first-order chi connectivity index (χ1) is 21.2. The third kappa shape index (κ3) is 8.61. The van der Waals surface area contributed by atoms with E-state index in [9.17, 15) is 9.59 Å². The Morgan fingerprint density at radius 2 is 1.64 bits per heavy atom. The first kappa shape index (κ1) is 32.0. The van der Waals surface area contributed by atoms with Gasteiger partial charge in [-0.1, -0.05) is 35.9 Å². The molecular formula is C34H45ClN6O3. The molecule has 10 heteroatoms. The molecule has 236 valence electrons. The Morgan fingerprint density at radius 1 is 0.955 bits per heavy atom. The molecule has 1 aromatic heterocycles. The van der Waals surface area contributed by atoms with Crippen molar-refractivity contribution in [3.63, 3.8) is 0 Å². The Morgan fingerprint density at radius 3 is 2.34 bits per heavy atom. The van der Waals surface area contributed by atoms with Gasteiger partial charge in [-0.3, -0.25) is 14.7 Å². The predicted molar refractivity (Wildman–Crippen MR) is 176 cm³/mol. The Labute approximate surface area is 265 Å². The number of ether oxygens (including phenoxy) is 1. The fourth-order valence-electron chi connectivity index (χ4n) is 5.94. The summed E-state index contributed by atoms with van der Waals surface area (Å²) in [6.07, 6.45) is 3.80. The van der Waals surface area contributed by atoms with E-state index in [0.717, 1.165) is 86.4 Å². The molecule has 0 aliphatic carbocycles. The minimum atomic E-state index is -0.624. The van der Waals surface area contributed by atoms with Crippen molar-refractivity contribution in [1.29, 1.82) is 0 Å². The molecule has 1 saturated heterocycles. The number of piperazine rings is 1. The van der Waals surface area contributed by atoms with Crippen molar-refractivity contribution < 1.29 is 14.3 Å². The lowest BCUT2D eigenvalue weighted by molar-refractivity contribution is -0.127. The van der Waals surface area contributed by atoms with Crippen molar-refractivity contribution in [2.24, 2.45) is 0 Å². The van der Waals surface area contributed by atoms with Crippen LogP contribution in [-0.4, -0.2) is 95.7 Å². The van der Waals surface area contributed by atoms with E-state index in [1.54, 1.807) is 4.90 Å². The highest BCUT2D eigenvalue weighted by atomic mass is 35.5. The standard InChI is InChI=1S/C34H45ClN6O3/c1-34(2,3)44-33(43)41-24-26-9-5-4-8-25(26)22-31(41)32(42)38-14-7-17-40-20-18-39(19-21-40)16-6-13-36-29-12-15-37-30-23-27(35)10-11-28(29)30/h4-5,8-12,15,23,31H,6-7,13-14,16-22,24H2,1-3H3,(H,36,37)(H,38,42)/t31-/m0/s1. The zero-order chi connectivity index (χ0) is 31.1. The van der Waals surface area contributed by atoms with Crippen LogP contribution in [0.4, 0.5) is 10.5 Å². The van der Waals surface area contributed by atoms with Crippen LogP contribution >= 0.6 is 11.6 Å². The van der Waals surface area contributed by atoms with Crippen LogP contribution < -0.4 is 10.6 Å². The number of carbonyl (C=O) groups is 2. The van der Waals surface area contributed by atoms with Crippen LogP contribution in [0.25, 0.3) is 10.9 Å². The van der Waals surface area contributed by atoms with Gasteiger partial charge in [0.15, 0.2) is 0 Å². The van der Waals surface area contributed by atoms with E-state index in [1.807, 2.05) is 75.5 Å². The van der Waals surface area contributed by atoms with Crippen LogP contribution in [-0.2, 0) is 22.5 Å². The molecule has 9 nitrogen and oxygen atoms in total. The molecule has 2 N–H and O–H groups in total. The number of halogens is 1.